The van der Waals surface area contributed by atoms with Crippen LogP contribution in [0.1, 0.15) is 26.3 Å². The molecule has 1 fully saturated rings. The summed E-state index contributed by atoms with van der Waals surface area (Å²) in [6, 6.07) is 9.98. The van der Waals surface area contributed by atoms with E-state index in [1.54, 1.807) is 11.1 Å². The molecule has 144 valence electrons. The van der Waals surface area contributed by atoms with E-state index in [0.717, 1.165) is 11.4 Å². The van der Waals surface area contributed by atoms with Crippen molar-refractivity contribution in [3.05, 3.63) is 48.4 Å². The smallest absolute Gasteiger partial charge is 0.410 e. The van der Waals surface area contributed by atoms with Gasteiger partial charge in [0.1, 0.15) is 18.5 Å². The minimum absolute atomic E-state index is 0.273. The second-order valence-corrected chi connectivity index (χ2v) is 7.44. The molecule has 2 aromatic rings. The summed E-state index contributed by atoms with van der Waals surface area (Å²) >= 11 is 0. The van der Waals surface area contributed by atoms with Gasteiger partial charge in [-0.1, -0.05) is 30.3 Å². The summed E-state index contributed by atoms with van der Waals surface area (Å²) in [4.78, 5) is 24.5. The predicted octanol–water partition coefficient (Wildman–Crippen LogP) is 3.11. The lowest BCUT2D eigenvalue weighted by Crippen LogP contribution is -2.50. The molecule has 1 aliphatic rings. The summed E-state index contributed by atoms with van der Waals surface area (Å²) < 4.78 is 11.4. The molecule has 27 heavy (non-hydrogen) atoms. The lowest BCUT2D eigenvalue weighted by atomic mass is 10.2. The zero-order chi connectivity index (χ0) is 19.3. The number of hydrogen-bond donors (Lipinski definition) is 0. The van der Waals surface area contributed by atoms with Crippen LogP contribution in [0.3, 0.4) is 0 Å². The van der Waals surface area contributed by atoms with Gasteiger partial charge in [-0.05, 0) is 26.3 Å². The van der Waals surface area contributed by atoms with E-state index in [1.165, 1.54) is 6.33 Å². The van der Waals surface area contributed by atoms with Crippen molar-refractivity contribution in [2.75, 3.05) is 31.1 Å². The number of piperazine rings is 1. The molecule has 0 bridgehead atoms. The summed E-state index contributed by atoms with van der Waals surface area (Å²) in [5, 5.41) is 0. The van der Waals surface area contributed by atoms with Crippen LogP contribution in [0.2, 0.25) is 0 Å². The molecule has 2 heterocycles. The molecule has 1 amide bonds. The molecule has 1 saturated heterocycles. The molecule has 0 N–H and O–H groups in total. The van der Waals surface area contributed by atoms with Crippen molar-refractivity contribution in [3.63, 3.8) is 0 Å². The highest BCUT2D eigenvalue weighted by molar-refractivity contribution is 5.68. The van der Waals surface area contributed by atoms with Gasteiger partial charge in [-0.15, -0.1) is 0 Å². The van der Waals surface area contributed by atoms with Crippen LogP contribution in [0.25, 0.3) is 0 Å². The number of carbonyl (C=O) groups excluding carboxylic acids is 1. The van der Waals surface area contributed by atoms with Crippen LogP contribution in [0.5, 0.6) is 5.75 Å². The Balaban J connectivity index is 1.60. The third-order valence-corrected chi connectivity index (χ3v) is 4.13. The zero-order valence-electron chi connectivity index (χ0n) is 16.1. The maximum atomic E-state index is 12.2. The monoisotopic (exact) mass is 370 g/mol. The van der Waals surface area contributed by atoms with Crippen LogP contribution in [0.4, 0.5) is 10.6 Å². The molecule has 7 heteroatoms. The molecule has 0 spiro atoms. The number of nitrogens with zero attached hydrogens (tertiary/aromatic N) is 4. The van der Waals surface area contributed by atoms with Crippen LogP contribution >= 0.6 is 0 Å². The summed E-state index contributed by atoms with van der Waals surface area (Å²) in [5.41, 5.74) is 0.598. The zero-order valence-corrected chi connectivity index (χ0v) is 16.1. The van der Waals surface area contributed by atoms with Crippen LogP contribution in [0, 0.1) is 0 Å². The van der Waals surface area contributed by atoms with Crippen molar-refractivity contribution in [2.45, 2.75) is 33.0 Å². The van der Waals surface area contributed by atoms with Crippen molar-refractivity contribution in [2.24, 2.45) is 0 Å². The van der Waals surface area contributed by atoms with Crippen molar-refractivity contribution >= 4 is 11.9 Å². The molecule has 0 radical (unpaired) electrons. The van der Waals surface area contributed by atoms with Gasteiger partial charge in [0.15, 0.2) is 11.6 Å². The van der Waals surface area contributed by atoms with E-state index in [-0.39, 0.29) is 6.09 Å². The van der Waals surface area contributed by atoms with Crippen molar-refractivity contribution < 1.29 is 14.3 Å². The first kappa shape index (κ1) is 18.9. The number of anilines is 1. The Morgan fingerprint density at radius 2 is 1.81 bits per heavy atom. The fraction of sp³-hybridized carbons (Fsp3) is 0.450. The predicted molar refractivity (Wildman–Crippen MR) is 103 cm³/mol. The Kier molecular flexibility index (Phi) is 5.78. The highest BCUT2D eigenvalue weighted by Crippen LogP contribution is 2.26. The van der Waals surface area contributed by atoms with Crippen molar-refractivity contribution in [1.82, 2.24) is 14.9 Å². The summed E-state index contributed by atoms with van der Waals surface area (Å²) in [6.07, 6.45) is 2.93. The van der Waals surface area contributed by atoms with Gasteiger partial charge >= 0.3 is 6.09 Å². The van der Waals surface area contributed by atoms with E-state index >= 15 is 0 Å². The molecule has 1 aliphatic heterocycles. The van der Waals surface area contributed by atoms with Crippen LogP contribution in [-0.4, -0.2) is 52.7 Å². The van der Waals surface area contributed by atoms with Gasteiger partial charge in [0.05, 0.1) is 6.20 Å². The molecular weight excluding hydrogens is 344 g/mol. The number of ether oxygens (including phenoxy) is 2. The fourth-order valence-electron chi connectivity index (χ4n) is 2.81. The Labute approximate surface area is 159 Å². The molecule has 3 rings (SSSR count). The third kappa shape index (κ3) is 5.32. The maximum absolute atomic E-state index is 12.2. The Morgan fingerprint density at radius 1 is 1.11 bits per heavy atom. The molecule has 7 nitrogen and oxygen atoms in total. The number of rotatable bonds is 4. The molecular formula is C20H26N4O3. The van der Waals surface area contributed by atoms with Gasteiger partial charge in [0, 0.05) is 26.2 Å². The summed E-state index contributed by atoms with van der Waals surface area (Å²) in [5.74, 6) is 1.40. The molecule has 0 saturated carbocycles. The van der Waals surface area contributed by atoms with E-state index in [2.05, 4.69) is 14.9 Å². The lowest BCUT2D eigenvalue weighted by Gasteiger charge is -2.36. The first-order valence-corrected chi connectivity index (χ1v) is 9.12. The fourth-order valence-corrected chi connectivity index (χ4v) is 2.81. The Hall–Kier alpha value is -2.83. The number of hydrogen-bond acceptors (Lipinski definition) is 6. The van der Waals surface area contributed by atoms with E-state index < -0.39 is 5.60 Å². The quantitative estimate of drug-likeness (QED) is 0.824. The maximum Gasteiger partial charge on any atom is 0.410 e. The number of carbonyl (C=O) groups is 1. The first-order chi connectivity index (χ1) is 12.9. The first-order valence-electron chi connectivity index (χ1n) is 9.12. The van der Waals surface area contributed by atoms with Gasteiger partial charge in [-0.3, -0.25) is 0 Å². The normalized spacial score (nSPS) is 14.8. The minimum atomic E-state index is -0.487. The van der Waals surface area contributed by atoms with Crippen LogP contribution < -0.4 is 9.64 Å². The van der Waals surface area contributed by atoms with Crippen LogP contribution in [-0.2, 0) is 11.3 Å². The SMILES string of the molecule is CC(C)(C)OC(=O)N1CCN(c2ncncc2OCc2ccccc2)CC1. The molecule has 1 aromatic heterocycles. The van der Waals surface area contributed by atoms with Gasteiger partial charge in [-0.2, -0.15) is 0 Å². The number of amides is 1. The average molecular weight is 370 g/mol. The Morgan fingerprint density at radius 3 is 2.48 bits per heavy atom. The summed E-state index contributed by atoms with van der Waals surface area (Å²) in [7, 11) is 0. The van der Waals surface area contributed by atoms with Gasteiger partial charge < -0.3 is 19.3 Å². The van der Waals surface area contributed by atoms with Gasteiger partial charge in [0.25, 0.3) is 0 Å². The van der Waals surface area contributed by atoms with E-state index in [9.17, 15) is 4.79 Å². The average Bonchev–Trinajstić information content (AvgIpc) is 2.66. The third-order valence-electron chi connectivity index (χ3n) is 4.13. The van der Waals surface area contributed by atoms with E-state index in [4.69, 9.17) is 9.47 Å². The summed E-state index contributed by atoms with van der Waals surface area (Å²) in [6.45, 7) is 8.57. The van der Waals surface area contributed by atoms with Crippen LogP contribution in [0.15, 0.2) is 42.9 Å². The highest BCUT2D eigenvalue weighted by atomic mass is 16.6. The lowest BCUT2D eigenvalue weighted by molar-refractivity contribution is 0.0240. The van der Waals surface area contributed by atoms with Crippen molar-refractivity contribution in [3.8, 4) is 5.75 Å². The van der Waals surface area contributed by atoms with Gasteiger partial charge in [-0.25, -0.2) is 14.8 Å². The van der Waals surface area contributed by atoms with E-state index in [1.807, 2.05) is 51.1 Å². The van der Waals surface area contributed by atoms with Gasteiger partial charge in [0.2, 0.25) is 0 Å². The largest absolute Gasteiger partial charge is 0.483 e. The second-order valence-electron chi connectivity index (χ2n) is 7.44. The highest BCUT2D eigenvalue weighted by Gasteiger charge is 2.27. The molecule has 0 atom stereocenters. The number of benzene rings is 1. The topological polar surface area (TPSA) is 67.8 Å². The van der Waals surface area contributed by atoms with Crippen molar-refractivity contribution in [1.29, 1.82) is 0 Å². The molecule has 0 unspecified atom stereocenters. The van der Waals surface area contributed by atoms with E-state index in [0.29, 0.717) is 38.5 Å². The second kappa shape index (κ2) is 8.24. The standard InChI is InChI=1S/C20H26N4O3/c1-20(2,3)27-19(25)24-11-9-23(10-12-24)18-17(13-21-15-22-18)26-14-16-7-5-4-6-8-16/h4-8,13,15H,9-12,14H2,1-3H3. The molecule has 1 aromatic carbocycles. The number of aromatic nitrogens is 2. The Bertz CT molecular complexity index is 753. The molecule has 0 aliphatic carbocycles. The minimum Gasteiger partial charge on any atom is -0.483 e.